The van der Waals surface area contributed by atoms with Gasteiger partial charge in [0, 0.05) is 48.5 Å². The van der Waals surface area contributed by atoms with Gasteiger partial charge in [0.2, 0.25) is 0 Å². The predicted octanol–water partition coefficient (Wildman–Crippen LogP) is 4.76. The van der Waals surface area contributed by atoms with Crippen LogP contribution in [0.2, 0.25) is 0 Å². The zero-order valence-corrected chi connectivity index (χ0v) is 19.8. The first-order chi connectivity index (χ1) is 13.9. The monoisotopic (exact) mass is 566 g/mol. The summed E-state index contributed by atoms with van der Waals surface area (Å²) in [4.78, 5) is 8.37. The molecule has 2 nitrogen and oxygen atoms in total. The molecule has 4 aliphatic rings. The normalized spacial score (nSPS) is 24.3. The first kappa shape index (κ1) is 28.1. The molecule has 0 aromatic heterocycles. The van der Waals surface area contributed by atoms with Crippen molar-refractivity contribution in [2.75, 3.05) is 0 Å². The van der Waals surface area contributed by atoms with E-state index in [-0.39, 0.29) is 39.0 Å². The van der Waals surface area contributed by atoms with Crippen molar-refractivity contribution in [3.05, 3.63) is 151 Å². The molecule has 0 atom stereocenters. The van der Waals surface area contributed by atoms with Crippen molar-refractivity contribution in [3.63, 3.8) is 0 Å². The van der Waals surface area contributed by atoms with E-state index >= 15 is 0 Å². The van der Waals surface area contributed by atoms with Gasteiger partial charge < -0.3 is 0 Å². The van der Waals surface area contributed by atoms with E-state index < -0.39 is 0 Å². The maximum Gasteiger partial charge on any atom is 2.00 e. The molecule has 0 bridgehead atoms. The Morgan fingerprint density at radius 1 is 0.400 bits per heavy atom. The van der Waals surface area contributed by atoms with E-state index in [1.54, 1.807) is 0 Å². The minimum Gasteiger partial charge on any atom is -0.269 e. The van der Waals surface area contributed by atoms with Crippen molar-refractivity contribution in [1.82, 2.24) is 0 Å². The predicted molar refractivity (Wildman–Crippen MR) is 117 cm³/mol. The second kappa shape index (κ2) is 17.6. The van der Waals surface area contributed by atoms with Gasteiger partial charge in [-0.15, -0.1) is 0 Å². The summed E-state index contributed by atoms with van der Waals surface area (Å²) in [7, 11) is 0. The molecule has 0 unspecified atom stereocenters. The number of allylic oxidation sites excluding steroid dienone is 2. The third kappa shape index (κ3) is 11.6. The zero-order valence-electron chi connectivity index (χ0n) is 16.3. The Morgan fingerprint density at radius 2 is 0.667 bits per heavy atom. The van der Waals surface area contributed by atoms with Gasteiger partial charge in [0.05, 0.1) is 0 Å². The smallest absolute Gasteiger partial charge is 0.269 e. The molecular weight excluding hydrogens is 542 g/mol. The summed E-state index contributed by atoms with van der Waals surface area (Å²) >= 11 is 0. The molecule has 4 heteroatoms. The van der Waals surface area contributed by atoms with Gasteiger partial charge >= 0.3 is 39.0 Å². The van der Waals surface area contributed by atoms with Crippen LogP contribution in [-0.4, -0.2) is 12.4 Å². The zero-order chi connectivity index (χ0) is 19.3. The van der Waals surface area contributed by atoms with Gasteiger partial charge in [-0.1, -0.05) is 12.2 Å². The molecule has 0 amide bonds. The molecule has 0 saturated heterocycles. The summed E-state index contributed by atoms with van der Waals surface area (Å²) in [5.41, 5.74) is 0. The minimum absolute atomic E-state index is 0. The number of aliphatic imine (C=N–C) groups is 2. The molecule has 0 aromatic carbocycles. The summed E-state index contributed by atoms with van der Waals surface area (Å²) in [6, 6.07) is 0. The standard InChI is InChI=1S/2C13H11N.2Ru/c2*1-2-6-12(5-1)9-10-14-11-13-7-3-4-8-13;;/h2*1-11H;;/q;;2*+2/b2*10-9+,14-11?;;. The van der Waals surface area contributed by atoms with Crippen LogP contribution in [0.4, 0.5) is 0 Å². The van der Waals surface area contributed by atoms with E-state index in [1.165, 1.54) is 11.8 Å². The second-order valence-electron chi connectivity index (χ2n) is 6.06. The van der Waals surface area contributed by atoms with Gasteiger partial charge in [-0.05, 0) is 103 Å². The van der Waals surface area contributed by atoms with Crippen LogP contribution in [0.1, 0.15) is 0 Å². The molecule has 4 fully saturated rings. The Labute approximate surface area is 211 Å². The van der Waals surface area contributed by atoms with Crippen LogP contribution in [0.5, 0.6) is 0 Å². The Morgan fingerprint density at radius 3 is 0.967 bits per heavy atom. The number of rotatable bonds is 6. The molecule has 0 N–H and O–H groups in total. The molecule has 30 heavy (non-hydrogen) atoms. The molecule has 0 spiro atoms. The van der Waals surface area contributed by atoms with Crippen LogP contribution in [0.25, 0.3) is 0 Å². The Hall–Kier alpha value is 0.0668. The quantitative estimate of drug-likeness (QED) is 0.329. The average molecular weight is 565 g/mol. The Balaban J connectivity index is 0.000000281. The van der Waals surface area contributed by atoms with E-state index in [0.29, 0.717) is 0 Å². The van der Waals surface area contributed by atoms with Gasteiger partial charge in [0.1, 0.15) is 0 Å². The van der Waals surface area contributed by atoms with Crippen molar-refractivity contribution in [3.8, 4) is 0 Å². The third-order valence-corrected chi connectivity index (χ3v) is 3.91. The molecule has 4 saturated carbocycles. The summed E-state index contributed by atoms with van der Waals surface area (Å²) in [6.07, 6.45) is 43.7. The summed E-state index contributed by atoms with van der Waals surface area (Å²) in [5.74, 6) is 4.64. The number of nitrogens with zero attached hydrogens (tertiary/aromatic N) is 2. The summed E-state index contributed by atoms with van der Waals surface area (Å²) in [6.45, 7) is 0. The van der Waals surface area contributed by atoms with Crippen LogP contribution in [0, 0.1) is 126 Å². The first-order valence-electron chi connectivity index (χ1n) is 9.16. The van der Waals surface area contributed by atoms with Gasteiger partial charge in [-0.25, -0.2) is 0 Å². The molecule has 0 aromatic rings. The van der Waals surface area contributed by atoms with E-state index in [2.05, 4.69) is 35.7 Å². The van der Waals surface area contributed by atoms with Crippen LogP contribution >= 0.6 is 0 Å². The molecule has 148 valence electrons. The van der Waals surface area contributed by atoms with Gasteiger partial charge in [-0.2, -0.15) is 0 Å². The van der Waals surface area contributed by atoms with Crippen LogP contribution in [0.15, 0.2) is 34.5 Å². The summed E-state index contributed by atoms with van der Waals surface area (Å²) < 4.78 is 0. The van der Waals surface area contributed by atoms with Crippen molar-refractivity contribution < 1.29 is 39.0 Å². The van der Waals surface area contributed by atoms with Gasteiger partial charge in [-0.3, -0.25) is 9.98 Å². The molecule has 20 radical (unpaired) electrons. The Bertz CT molecular complexity index is 421. The maximum atomic E-state index is 4.18. The van der Waals surface area contributed by atoms with Gasteiger partial charge in [0.15, 0.2) is 0 Å². The van der Waals surface area contributed by atoms with E-state index in [1.807, 2.05) is 114 Å². The maximum absolute atomic E-state index is 4.18. The van der Waals surface area contributed by atoms with Crippen LogP contribution in [0.3, 0.4) is 0 Å². The third-order valence-electron chi connectivity index (χ3n) is 3.91. The van der Waals surface area contributed by atoms with Crippen molar-refractivity contribution in [2.24, 2.45) is 9.98 Å². The van der Waals surface area contributed by atoms with Crippen molar-refractivity contribution >= 4 is 12.4 Å². The number of hydrogen-bond donors (Lipinski definition) is 0. The molecule has 0 heterocycles. The van der Waals surface area contributed by atoms with Crippen molar-refractivity contribution in [1.29, 1.82) is 0 Å². The largest absolute Gasteiger partial charge is 2.00 e. The molecular formula is C26H22N2Ru2+4. The van der Waals surface area contributed by atoms with Crippen LogP contribution < -0.4 is 0 Å². The first-order valence-corrected chi connectivity index (χ1v) is 9.16. The van der Waals surface area contributed by atoms with E-state index in [9.17, 15) is 0 Å². The van der Waals surface area contributed by atoms with Gasteiger partial charge in [0.25, 0.3) is 0 Å². The van der Waals surface area contributed by atoms with E-state index in [4.69, 9.17) is 0 Å². The molecule has 4 aliphatic carbocycles. The van der Waals surface area contributed by atoms with E-state index in [0.717, 1.165) is 11.8 Å². The molecule has 0 aliphatic heterocycles. The van der Waals surface area contributed by atoms with Crippen molar-refractivity contribution in [2.45, 2.75) is 0 Å². The molecule has 4 rings (SSSR count). The Kier molecular flexibility index (Phi) is 16.5. The SMILES string of the molecule is [CH]1[CH][CH][C](C=N/C=C/[C]2[CH][CH][CH][CH]2)[CH]1.[CH]1[CH][CH][C](C=N/C=C/[C]2[CH][CH][CH][CH]2)[CH]1.[Ru+2].[Ru+2]. The fraction of sp³-hybridized carbons (Fsp3) is 0. The second-order valence-corrected chi connectivity index (χ2v) is 6.06. The van der Waals surface area contributed by atoms with Crippen LogP contribution in [-0.2, 0) is 39.0 Å². The fourth-order valence-corrected chi connectivity index (χ4v) is 2.47. The number of hydrogen-bond acceptors (Lipinski definition) is 2. The average Bonchev–Trinajstić information content (AvgIpc) is 3.51. The fourth-order valence-electron chi connectivity index (χ4n) is 2.47. The minimum atomic E-state index is 0. The summed E-state index contributed by atoms with van der Waals surface area (Å²) in [5, 5.41) is 0. The topological polar surface area (TPSA) is 24.7 Å².